The number of anilines is 2. The van der Waals surface area contributed by atoms with Gasteiger partial charge < -0.3 is 10.1 Å². The Bertz CT molecular complexity index is 1100. The molecule has 0 radical (unpaired) electrons. The number of aliphatic imine (C=N–C) groups is 1. The Kier molecular flexibility index (Phi) is 6.33. The lowest BCUT2D eigenvalue weighted by atomic mass is 10.3. The lowest BCUT2D eigenvalue weighted by Crippen LogP contribution is -2.31. The second-order valence-corrected chi connectivity index (χ2v) is 8.01. The van der Waals surface area contributed by atoms with E-state index in [-0.39, 0.29) is 18.2 Å². The molecule has 2 amide bonds. The van der Waals surface area contributed by atoms with E-state index >= 15 is 0 Å². The van der Waals surface area contributed by atoms with Gasteiger partial charge in [0.05, 0.1) is 18.5 Å². The third-order valence-corrected chi connectivity index (χ3v) is 5.75. The van der Waals surface area contributed by atoms with Gasteiger partial charge >= 0.3 is 0 Å². The third kappa shape index (κ3) is 4.95. The summed E-state index contributed by atoms with van der Waals surface area (Å²) in [5.74, 6) is 0.0830. The fourth-order valence-electron chi connectivity index (χ4n) is 3.20. The summed E-state index contributed by atoms with van der Waals surface area (Å²) in [4.78, 5) is 31.7. The van der Waals surface area contributed by atoms with Crippen LogP contribution in [-0.2, 0) is 9.59 Å². The van der Waals surface area contributed by atoms with Crippen LogP contribution in [0.1, 0.15) is 6.42 Å². The Labute approximate surface area is 184 Å². The van der Waals surface area contributed by atoms with Crippen LogP contribution in [0.5, 0.6) is 5.75 Å². The van der Waals surface area contributed by atoms with E-state index in [0.29, 0.717) is 16.6 Å². The second kappa shape index (κ2) is 9.49. The fraction of sp³-hybridized carbons (Fsp3) is 0.125. The number of amidine groups is 1. The van der Waals surface area contributed by atoms with E-state index in [0.717, 1.165) is 11.4 Å². The quantitative estimate of drug-likeness (QED) is 0.355. The number of carbonyl (C=O) groups excluding carboxylic acids is 2. The van der Waals surface area contributed by atoms with Crippen LogP contribution in [0.4, 0.5) is 17.1 Å². The van der Waals surface area contributed by atoms with Gasteiger partial charge in [-0.3, -0.25) is 9.59 Å². The Morgan fingerprint density at radius 3 is 2.42 bits per heavy atom. The standard InChI is InChI=1S/C24H21N3O3S/c1-30-20-14-8-13-19(15-20)27-22(28)16-21(23(27)29)31-24(25-17-9-4-2-5-10-17)26-18-11-6-3-7-12-18/h2-15,21H,16H2,1H3,(H,25,26)/t21-/m0/s1. The van der Waals surface area contributed by atoms with Crippen molar-refractivity contribution >= 4 is 45.8 Å². The summed E-state index contributed by atoms with van der Waals surface area (Å²) in [6, 6.07) is 26.0. The van der Waals surface area contributed by atoms with Crippen molar-refractivity contribution in [2.24, 2.45) is 4.99 Å². The molecule has 0 aromatic heterocycles. The van der Waals surface area contributed by atoms with E-state index in [4.69, 9.17) is 4.74 Å². The summed E-state index contributed by atoms with van der Waals surface area (Å²) in [6.07, 6.45) is 0.102. The summed E-state index contributed by atoms with van der Waals surface area (Å²) in [5.41, 5.74) is 2.12. The first-order valence-electron chi connectivity index (χ1n) is 9.77. The van der Waals surface area contributed by atoms with Crippen molar-refractivity contribution in [2.45, 2.75) is 11.7 Å². The largest absolute Gasteiger partial charge is 0.497 e. The molecule has 1 saturated heterocycles. The van der Waals surface area contributed by atoms with Crippen LogP contribution < -0.4 is 15.0 Å². The van der Waals surface area contributed by atoms with Crippen LogP contribution in [0.15, 0.2) is 89.9 Å². The molecule has 3 aromatic rings. The Hall–Kier alpha value is -3.58. The molecular weight excluding hydrogens is 410 g/mol. The molecule has 6 nitrogen and oxygen atoms in total. The van der Waals surface area contributed by atoms with Crippen LogP contribution in [0.3, 0.4) is 0 Å². The molecule has 1 aliphatic heterocycles. The number of nitrogens with zero attached hydrogens (tertiary/aromatic N) is 2. The van der Waals surface area contributed by atoms with Crippen molar-refractivity contribution in [3.05, 3.63) is 84.9 Å². The van der Waals surface area contributed by atoms with Crippen molar-refractivity contribution in [1.29, 1.82) is 0 Å². The van der Waals surface area contributed by atoms with Crippen molar-refractivity contribution in [3.63, 3.8) is 0 Å². The number of hydrogen-bond donors (Lipinski definition) is 1. The minimum Gasteiger partial charge on any atom is -0.497 e. The fourth-order valence-corrected chi connectivity index (χ4v) is 4.24. The van der Waals surface area contributed by atoms with Crippen LogP contribution in [0.25, 0.3) is 0 Å². The first-order chi connectivity index (χ1) is 15.1. The van der Waals surface area contributed by atoms with Gasteiger partial charge in [-0.15, -0.1) is 0 Å². The van der Waals surface area contributed by atoms with Gasteiger partial charge in [0.25, 0.3) is 0 Å². The van der Waals surface area contributed by atoms with E-state index in [1.165, 1.54) is 16.7 Å². The molecule has 1 fully saturated rings. The summed E-state index contributed by atoms with van der Waals surface area (Å²) < 4.78 is 5.23. The molecule has 1 N–H and O–H groups in total. The van der Waals surface area contributed by atoms with E-state index in [1.807, 2.05) is 60.7 Å². The average Bonchev–Trinajstić information content (AvgIpc) is 3.07. The topological polar surface area (TPSA) is 71.0 Å². The molecule has 0 spiro atoms. The van der Waals surface area contributed by atoms with Crippen molar-refractivity contribution in [1.82, 2.24) is 0 Å². The van der Waals surface area contributed by atoms with Gasteiger partial charge in [0.1, 0.15) is 11.0 Å². The minimum absolute atomic E-state index is 0.102. The molecule has 0 saturated carbocycles. The highest BCUT2D eigenvalue weighted by Crippen LogP contribution is 2.33. The predicted octanol–water partition coefficient (Wildman–Crippen LogP) is 4.86. The Balaban J connectivity index is 1.58. The maximum atomic E-state index is 13.1. The monoisotopic (exact) mass is 431 g/mol. The Morgan fingerprint density at radius 2 is 1.71 bits per heavy atom. The van der Waals surface area contributed by atoms with Gasteiger partial charge in [-0.25, -0.2) is 9.89 Å². The average molecular weight is 432 g/mol. The number of ether oxygens (including phenoxy) is 1. The number of hydrogen-bond acceptors (Lipinski definition) is 5. The zero-order valence-electron chi connectivity index (χ0n) is 16.9. The van der Waals surface area contributed by atoms with Crippen molar-refractivity contribution in [3.8, 4) is 5.75 Å². The molecule has 1 heterocycles. The molecule has 4 rings (SSSR count). The van der Waals surface area contributed by atoms with E-state index in [9.17, 15) is 9.59 Å². The molecular formula is C24H21N3O3S. The number of nitrogens with one attached hydrogen (secondary N) is 1. The van der Waals surface area contributed by atoms with E-state index in [2.05, 4.69) is 10.3 Å². The SMILES string of the molecule is COc1cccc(N2C(=O)C[C@H](SC(=Nc3ccccc3)Nc3ccccc3)C2=O)c1. The maximum Gasteiger partial charge on any atom is 0.247 e. The van der Waals surface area contributed by atoms with E-state index < -0.39 is 5.25 Å². The number of thioether (sulfide) groups is 1. The molecule has 0 bridgehead atoms. The van der Waals surface area contributed by atoms with Crippen LogP contribution in [0, 0.1) is 0 Å². The molecule has 3 aromatic carbocycles. The van der Waals surface area contributed by atoms with Gasteiger partial charge in [-0.2, -0.15) is 0 Å². The zero-order chi connectivity index (χ0) is 21.6. The van der Waals surface area contributed by atoms with Crippen molar-refractivity contribution < 1.29 is 14.3 Å². The smallest absolute Gasteiger partial charge is 0.247 e. The molecule has 7 heteroatoms. The highest BCUT2D eigenvalue weighted by molar-refractivity contribution is 8.15. The number of para-hydroxylation sites is 2. The summed E-state index contributed by atoms with van der Waals surface area (Å²) in [5, 5.41) is 3.25. The van der Waals surface area contributed by atoms with Crippen LogP contribution in [0.2, 0.25) is 0 Å². The van der Waals surface area contributed by atoms with Gasteiger partial charge in [0.2, 0.25) is 11.8 Å². The molecule has 0 aliphatic carbocycles. The summed E-state index contributed by atoms with van der Waals surface area (Å²) >= 11 is 1.26. The maximum absolute atomic E-state index is 13.1. The number of amides is 2. The highest BCUT2D eigenvalue weighted by atomic mass is 32.2. The minimum atomic E-state index is -0.572. The number of benzene rings is 3. The molecule has 1 aliphatic rings. The first kappa shape index (κ1) is 20.7. The number of rotatable bonds is 5. The molecule has 1 atom stereocenters. The van der Waals surface area contributed by atoms with E-state index in [1.54, 1.807) is 31.4 Å². The summed E-state index contributed by atoms with van der Waals surface area (Å²) in [7, 11) is 1.55. The lowest BCUT2D eigenvalue weighted by Gasteiger charge is -2.16. The number of methoxy groups -OCH3 is 1. The van der Waals surface area contributed by atoms with Gasteiger partial charge in [-0.1, -0.05) is 54.2 Å². The van der Waals surface area contributed by atoms with Gasteiger partial charge in [0, 0.05) is 18.2 Å². The molecule has 156 valence electrons. The van der Waals surface area contributed by atoms with Crippen LogP contribution >= 0.6 is 11.8 Å². The van der Waals surface area contributed by atoms with Crippen LogP contribution in [-0.4, -0.2) is 29.3 Å². The van der Waals surface area contributed by atoms with Gasteiger partial charge in [-0.05, 0) is 36.4 Å². The number of imide groups is 1. The molecule has 31 heavy (non-hydrogen) atoms. The lowest BCUT2D eigenvalue weighted by molar-refractivity contribution is -0.121. The van der Waals surface area contributed by atoms with Gasteiger partial charge in [0.15, 0.2) is 5.17 Å². The third-order valence-electron chi connectivity index (χ3n) is 4.68. The second-order valence-electron chi connectivity index (χ2n) is 6.82. The highest BCUT2D eigenvalue weighted by Gasteiger charge is 2.41. The normalized spacial score (nSPS) is 16.5. The predicted molar refractivity (Wildman–Crippen MR) is 125 cm³/mol. The van der Waals surface area contributed by atoms with Crippen molar-refractivity contribution in [2.75, 3.05) is 17.3 Å². The summed E-state index contributed by atoms with van der Waals surface area (Å²) in [6.45, 7) is 0. The Morgan fingerprint density at radius 1 is 1.00 bits per heavy atom. The number of carbonyl (C=O) groups is 2. The zero-order valence-corrected chi connectivity index (χ0v) is 17.7. The molecule has 0 unspecified atom stereocenters. The first-order valence-corrected chi connectivity index (χ1v) is 10.7.